The second kappa shape index (κ2) is 13.9. The highest BCUT2D eigenvalue weighted by Gasteiger charge is 2.24. The van der Waals surface area contributed by atoms with Crippen LogP contribution >= 0.6 is 0 Å². The number of methoxy groups -OCH3 is 1. The van der Waals surface area contributed by atoms with Gasteiger partial charge in [-0.1, -0.05) is 42.9 Å². The Morgan fingerprint density at radius 3 is 2.18 bits per heavy atom. The van der Waals surface area contributed by atoms with Gasteiger partial charge in [0.05, 0.1) is 32.3 Å². The Kier molecular flexibility index (Phi) is 12.7. The molecule has 0 atom stereocenters. The molecule has 0 spiro atoms. The average molecular weight is 400 g/mol. The zero-order valence-electron chi connectivity index (χ0n) is 17.4. The predicted octanol–water partition coefficient (Wildman–Crippen LogP) is 6.60. The molecule has 0 radical (unpaired) electrons. The summed E-state index contributed by atoms with van der Waals surface area (Å²) in [5, 5.41) is 0. The fraction of sp³-hybridized carbons (Fsp3) is 0.500. The minimum Gasteiger partial charge on any atom is -0.501 e. The van der Waals surface area contributed by atoms with Crippen LogP contribution in [0.3, 0.4) is 0 Å². The zero-order valence-corrected chi connectivity index (χ0v) is 17.4. The van der Waals surface area contributed by atoms with E-state index in [1.807, 2.05) is 26.0 Å². The van der Waals surface area contributed by atoms with E-state index in [1.54, 1.807) is 39.2 Å². The minimum atomic E-state index is -4.20. The van der Waals surface area contributed by atoms with Crippen molar-refractivity contribution in [3.63, 3.8) is 0 Å². The van der Waals surface area contributed by atoms with Gasteiger partial charge in [-0.05, 0) is 44.4 Å². The average Bonchev–Trinajstić information content (AvgIpc) is 2.63. The van der Waals surface area contributed by atoms with E-state index in [0.717, 1.165) is 16.9 Å². The van der Waals surface area contributed by atoms with Crippen LogP contribution in [0.5, 0.6) is 0 Å². The van der Waals surface area contributed by atoms with E-state index in [4.69, 9.17) is 9.47 Å². The third kappa shape index (κ3) is 13.0. The van der Waals surface area contributed by atoms with Crippen molar-refractivity contribution in [1.82, 2.24) is 0 Å². The molecule has 158 valence electrons. The summed E-state index contributed by atoms with van der Waals surface area (Å²) < 4.78 is 47.2. The largest absolute Gasteiger partial charge is 0.501 e. The van der Waals surface area contributed by atoms with Crippen molar-refractivity contribution in [3.05, 3.63) is 58.9 Å². The van der Waals surface area contributed by atoms with E-state index in [0.29, 0.717) is 25.0 Å². The molecule has 6 heteroatoms. The van der Waals surface area contributed by atoms with Gasteiger partial charge in [0.2, 0.25) is 0 Å². The number of carbonyl (C=O) groups is 1. The van der Waals surface area contributed by atoms with Gasteiger partial charge in [-0.2, -0.15) is 13.2 Å². The summed E-state index contributed by atoms with van der Waals surface area (Å²) in [6, 6.07) is 0. The summed E-state index contributed by atoms with van der Waals surface area (Å²) in [5.41, 5.74) is 2.22. The molecule has 0 N–H and O–H groups in total. The molecule has 0 aromatic carbocycles. The molecule has 0 saturated heterocycles. The van der Waals surface area contributed by atoms with Gasteiger partial charge in [-0.3, -0.25) is 4.79 Å². The van der Waals surface area contributed by atoms with Crippen molar-refractivity contribution in [2.45, 2.75) is 59.6 Å². The lowest BCUT2D eigenvalue weighted by Gasteiger charge is -2.07. The summed E-state index contributed by atoms with van der Waals surface area (Å²) in [7, 11) is 1.58. The highest BCUT2D eigenvalue weighted by atomic mass is 19.4. The van der Waals surface area contributed by atoms with Gasteiger partial charge in [0.1, 0.15) is 0 Å². The maximum Gasteiger partial charge on any atom is 0.392 e. The van der Waals surface area contributed by atoms with Gasteiger partial charge < -0.3 is 9.47 Å². The van der Waals surface area contributed by atoms with E-state index in [2.05, 4.69) is 0 Å². The normalized spacial score (nSPS) is 14.6. The molecule has 0 aliphatic carbocycles. The van der Waals surface area contributed by atoms with Crippen molar-refractivity contribution in [2.75, 3.05) is 13.7 Å². The minimum absolute atomic E-state index is 0.0986. The lowest BCUT2D eigenvalue weighted by Crippen LogP contribution is -2.05. The molecular formula is C22H31F3O3. The first-order chi connectivity index (χ1) is 13.1. The Morgan fingerprint density at radius 1 is 1.04 bits per heavy atom. The number of hydrogen-bond donors (Lipinski definition) is 0. The number of hydrogen-bond acceptors (Lipinski definition) is 3. The van der Waals surface area contributed by atoms with Crippen LogP contribution in [0.4, 0.5) is 13.2 Å². The third-order valence-electron chi connectivity index (χ3n) is 3.79. The Labute approximate surface area is 166 Å². The fourth-order valence-electron chi connectivity index (χ4n) is 2.24. The van der Waals surface area contributed by atoms with Gasteiger partial charge >= 0.3 is 12.1 Å². The molecule has 0 fully saturated rings. The first-order valence-corrected chi connectivity index (χ1v) is 9.30. The first kappa shape index (κ1) is 25.8. The number of rotatable bonds is 11. The first-order valence-electron chi connectivity index (χ1n) is 9.30. The van der Waals surface area contributed by atoms with Crippen molar-refractivity contribution in [2.24, 2.45) is 0 Å². The monoisotopic (exact) mass is 400 g/mol. The van der Waals surface area contributed by atoms with E-state index >= 15 is 0 Å². The number of halogens is 3. The molecule has 0 unspecified atom stereocenters. The van der Waals surface area contributed by atoms with E-state index in [1.165, 1.54) is 6.08 Å². The van der Waals surface area contributed by atoms with E-state index < -0.39 is 12.6 Å². The SMILES string of the molecule is C/C=C(/C=C/C(=C\C=C(/CC)OC)CC(=O)OCC)C/C(C)=C\CC(F)(F)F. The Morgan fingerprint density at radius 2 is 1.68 bits per heavy atom. The summed E-state index contributed by atoms with van der Waals surface area (Å²) in [6.07, 6.45) is 6.29. The molecule has 0 rings (SSSR count). The van der Waals surface area contributed by atoms with Gasteiger partial charge in [-0.25, -0.2) is 0 Å². The molecule has 0 amide bonds. The lowest BCUT2D eigenvalue weighted by molar-refractivity contribution is -0.142. The molecule has 3 nitrogen and oxygen atoms in total. The van der Waals surface area contributed by atoms with Gasteiger partial charge in [0, 0.05) is 6.42 Å². The maximum absolute atomic E-state index is 12.3. The Balaban J connectivity index is 5.34. The Bertz CT molecular complexity index is 630. The molecule has 0 bridgehead atoms. The van der Waals surface area contributed by atoms with E-state index in [-0.39, 0.29) is 12.4 Å². The van der Waals surface area contributed by atoms with Crippen molar-refractivity contribution in [1.29, 1.82) is 0 Å². The molecule has 0 aliphatic rings. The highest BCUT2D eigenvalue weighted by Crippen LogP contribution is 2.23. The van der Waals surface area contributed by atoms with Gasteiger partial charge in [0.15, 0.2) is 0 Å². The second-order valence-electron chi connectivity index (χ2n) is 6.16. The van der Waals surface area contributed by atoms with Crippen LogP contribution in [0.25, 0.3) is 0 Å². The summed E-state index contributed by atoms with van der Waals surface area (Å²) in [5.74, 6) is 0.428. The summed E-state index contributed by atoms with van der Waals surface area (Å²) in [6.45, 7) is 7.50. The van der Waals surface area contributed by atoms with Crippen molar-refractivity contribution >= 4 is 5.97 Å². The Hall–Kier alpha value is -2.24. The molecule has 0 saturated carbocycles. The van der Waals surface area contributed by atoms with Gasteiger partial charge in [0.25, 0.3) is 0 Å². The van der Waals surface area contributed by atoms with E-state index in [9.17, 15) is 18.0 Å². The number of allylic oxidation sites excluding steroid dienone is 9. The van der Waals surface area contributed by atoms with Crippen molar-refractivity contribution < 1.29 is 27.4 Å². The number of ether oxygens (including phenoxy) is 2. The molecule has 0 aliphatic heterocycles. The molecule has 0 aromatic heterocycles. The number of carbonyl (C=O) groups excluding carboxylic acids is 1. The van der Waals surface area contributed by atoms with Crippen LogP contribution in [0.1, 0.15) is 53.4 Å². The molecule has 0 aromatic rings. The van der Waals surface area contributed by atoms with Crippen LogP contribution < -0.4 is 0 Å². The van der Waals surface area contributed by atoms with Gasteiger partial charge in [-0.15, -0.1) is 0 Å². The number of alkyl halides is 3. The smallest absolute Gasteiger partial charge is 0.392 e. The lowest BCUT2D eigenvalue weighted by atomic mass is 10.0. The highest BCUT2D eigenvalue weighted by molar-refractivity contribution is 5.73. The fourth-order valence-corrected chi connectivity index (χ4v) is 2.24. The topological polar surface area (TPSA) is 35.5 Å². The zero-order chi connectivity index (χ0) is 21.6. The molecular weight excluding hydrogens is 369 g/mol. The van der Waals surface area contributed by atoms with Crippen LogP contribution in [0.2, 0.25) is 0 Å². The molecule has 28 heavy (non-hydrogen) atoms. The van der Waals surface area contributed by atoms with Crippen LogP contribution in [-0.4, -0.2) is 25.9 Å². The second-order valence-corrected chi connectivity index (χ2v) is 6.16. The summed E-state index contributed by atoms with van der Waals surface area (Å²) >= 11 is 0. The standard InChI is InChI=1S/C22H31F3O3/c1-6-18(15-17(4)13-14-22(23,24)25)9-10-19(16-21(26)28-8-3)11-12-20(7-2)27-5/h6,9-13H,7-8,14-16H2,1-5H3/b10-9+,17-13-,18-6-,19-11+,20-12+. The summed E-state index contributed by atoms with van der Waals surface area (Å²) in [4.78, 5) is 11.8. The maximum atomic E-state index is 12.3. The predicted molar refractivity (Wildman–Crippen MR) is 107 cm³/mol. The van der Waals surface area contributed by atoms with Crippen LogP contribution in [-0.2, 0) is 14.3 Å². The third-order valence-corrected chi connectivity index (χ3v) is 3.79. The quantitative estimate of drug-likeness (QED) is 0.170. The van der Waals surface area contributed by atoms with Crippen LogP contribution in [0.15, 0.2) is 58.9 Å². The van der Waals surface area contributed by atoms with Crippen molar-refractivity contribution in [3.8, 4) is 0 Å². The number of esters is 1. The molecule has 0 heterocycles. The van der Waals surface area contributed by atoms with Crippen LogP contribution in [0, 0.1) is 0 Å².